The molecule has 0 amide bonds. The van der Waals surface area contributed by atoms with Crippen molar-refractivity contribution in [3.05, 3.63) is 30.1 Å². The van der Waals surface area contributed by atoms with E-state index in [0.29, 0.717) is 19.1 Å². The van der Waals surface area contributed by atoms with Crippen LogP contribution in [0, 0.1) is 5.82 Å². The maximum atomic E-state index is 13.8. The molecule has 0 N–H and O–H groups in total. The maximum Gasteiger partial charge on any atom is 0.246 e. The molecular formula is C16H23FN2O2S. The first-order valence-corrected chi connectivity index (χ1v) is 9.52. The van der Waals surface area contributed by atoms with E-state index in [2.05, 4.69) is 4.90 Å². The summed E-state index contributed by atoms with van der Waals surface area (Å²) in [4.78, 5) is 2.20. The molecule has 0 aromatic heterocycles. The summed E-state index contributed by atoms with van der Waals surface area (Å²) in [7, 11) is -3.72. The second-order valence-corrected chi connectivity index (χ2v) is 8.07. The summed E-state index contributed by atoms with van der Waals surface area (Å²) in [5.41, 5.74) is 0. The predicted octanol–water partition coefficient (Wildman–Crippen LogP) is 2.46. The molecule has 1 heterocycles. The molecule has 0 bridgehead atoms. The van der Waals surface area contributed by atoms with Crippen LogP contribution in [0.2, 0.25) is 0 Å². The highest BCUT2D eigenvalue weighted by atomic mass is 32.2. The van der Waals surface area contributed by atoms with Gasteiger partial charge < -0.3 is 0 Å². The van der Waals surface area contributed by atoms with E-state index in [0.717, 1.165) is 13.1 Å². The average Bonchev–Trinajstić information content (AvgIpc) is 2.56. The van der Waals surface area contributed by atoms with E-state index in [1.165, 1.54) is 54.6 Å². The molecule has 1 aliphatic heterocycles. The molecule has 4 nitrogen and oxygen atoms in total. The Bertz CT molecular complexity index is 606. The molecule has 0 spiro atoms. The van der Waals surface area contributed by atoms with Crippen molar-refractivity contribution in [2.45, 2.75) is 43.0 Å². The Morgan fingerprint density at radius 2 is 1.59 bits per heavy atom. The molecule has 2 aliphatic rings. The van der Waals surface area contributed by atoms with Gasteiger partial charge in [-0.3, -0.25) is 4.90 Å². The molecule has 2 fully saturated rings. The number of halogens is 1. The van der Waals surface area contributed by atoms with Gasteiger partial charge >= 0.3 is 0 Å². The van der Waals surface area contributed by atoms with E-state index < -0.39 is 15.8 Å². The third-order valence-electron chi connectivity index (χ3n) is 4.82. The van der Waals surface area contributed by atoms with Gasteiger partial charge in [-0.2, -0.15) is 4.31 Å². The van der Waals surface area contributed by atoms with Crippen molar-refractivity contribution in [3.8, 4) is 0 Å². The minimum Gasteiger partial charge on any atom is -0.298 e. The number of nitrogens with zero attached hydrogens (tertiary/aromatic N) is 2. The Morgan fingerprint density at radius 3 is 2.23 bits per heavy atom. The smallest absolute Gasteiger partial charge is 0.246 e. The van der Waals surface area contributed by atoms with Crippen LogP contribution in [0.15, 0.2) is 29.2 Å². The van der Waals surface area contributed by atoms with Crippen LogP contribution in [0.1, 0.15) is 32.1 Å². The fourth-order valence-electron chi connectivity index (χ4n) is 3.55. The summed E-state index contributed by atoms with van der Waals surface area (Å²) in [6.07, 6.45) is 6.31. The highest BCUT2D eigenvalue weighted by Crippen LogP contribution is 2.25. The molecular weight excluding hydrogens is 303 g/mol. The van der Waals surface area contributed by atoms with Crippen molar-refractivity contribution in [1.29, 1.82) is 0 Å². The van der Waals surface area contributed by atoms with Crippen molar-refractivity contribution in [3.63, 3.8) is 0 Å². The minimum absolute atomic E-state index is 0.207. The topological polar surface area (TPSA) is 40.6 Å². The zero-order chi connectivity index (χ0) is 15.6. The van der Waals surface area contributed by atoms with Gasteiger partial charge in [0.1, 0.15) is 10.7 Å². The van der Waals surface area contributed by atoms with Gasteiger partial charge in [-0.05, 0) is 25.0 Å². The standard InChI is InChI=1S/C16H23FN2O2S/c17-15-8-4-5-9-16(15)22(20,21)19-12-10-18(11-13-19)14-6-2-1-3-7-14/h4-5,8-9,14H,1-3,6-7,10-13H2. The predicted molar refractivity (Wildman–Crippen MR) is 83.6 cm³/mol. The summed E-state index contributed by atoms with van der Waals surface area (Å²) in [5, 5.41) is 0. The van der Waals surface area contributed by atoms with Crippen LogP contribution in [0.3, 0.4) is 0 Å². The number of piperazine rings is 1. The number of rotatable bonds is 3. The Balaban J connectivity index is 1.67. The quantitative estimate of drug-likeness (QED) is 0.857. The molecule has 0 atom stereocenters. The molecule has 6 heteroatoms. The first-order valence-electron chi connectivity index (χ1n) is 8.08. The highest BCUT2D eigenvalue weighted by Gasteiger charge is 2.32. The largest absolute Gasteiger partial charge is 0.298 e. The van der Waals surface area contributed by atoms with Crippen molar-refractivity contribution >= 4 is 10.0 Å². The van der Waals surface area contributed by atoms with E-state index in [1.54, 1.807) is 6.07 Å². The van der Waals surface area contributed by atoms with Gasteiger partial charge in [0.05, 0.1) is 0 Å². The molecule has 0 radical (unpaired) electrons. The van der Waals surface area contributed by atoms with E-state index in [-0.39, 0.29) is 4.90 Å². The summed E-state index contributed by atoms with van der Waals surface area (Å²) in [6.45, 7) is 2.40. The van der Waals surface area contributed by atoms with Gasteiger partial charge in [0.25, 0.3) is 0 Å². The molecule has 1 saturated carbocycles. The van der Waals surface area contributed by atoms with Crippen molar-refractivity contribution in [2.75, 3.05) is 26.2 Å². The lowest BCUT2D eigenvalue weighted by Crippen LogP contribution is -2.52. The molecule has 22 heavy (non-hydrogen) atoms. The zero-order valence-electron chi connectivity index (χ0n) is 12.7. The van der Waals surface area contributed by atoms with Crippen molar-refractivity contribution < 1.29 is 12.8 Å². The summed E-state index contributed by atoms with van der Waals surface area (Å²) >= 11 is 0. The maximum absolute atomic E-state index is 13.8. The van der Waals surface area contributed by atoms with Crippen LogP contribution in [-0.4, -0.2) is 49.8 Å². The highest BCUT2D eigenvalue weighted by molar-refractivity contribution is 7.89. The van der Waals surface area contributed by atoms with E-state index >= 15 is 0 Å². The van der Waals surface area contributed by atoms with Crippen LogP contribution in [0.25, 0.3) is 0 Å². The van der Waals surface area contributed by atoms with Crippen LogP contribution in [0.4, 0.5) is 4.39 Å². The fourth-order valence-corrected chi connectivity index (χ4v) is 5.04. The Labute approximate surface area is 132 Å². The minimum atomic E-state index is -3.72. The SMILES string of the molecule is O=S(=O)(c1ccccc1F)N1CCN(C2CCCCC2)CC1. The number of hydrogen-bond acceptors (Lipinski definition) is 3. The first kappa shape index (κ1) is 15.9. The van der Waals surface area contributed by atoms with Gasteiger partial charge in [0, 0.05) is 32.2 Å². The zero-order valence-corrected chi connectivity index (χ0v) is 13.6. The number of sulfonamides is 1. The molecule has 3 rings (SSSR count). The molecule has 1 aromatic carbocycles. The lowest BCUT2D eigenvalue weighted by Gasteiger charge is -2.40. The second-order valence-electron chi connectivity index (χ2n) is 6.16. The molecule has 1 aliphatic carbocycles. The first-order chi connectivity index (χ1) is 10.6. The van der Waals surface area contributed by atoms with Crippen LogP contribution in [0.5, 0.6) is 0 Å². The summed E-state index contributed by atoms with van der Waals surface area (Å²) in [5.74, 6) is -0.669. The van der Waals surface area contributed by atoms with Crippen molar-refractivity contribution in [2.24, 2.45) is 0 Å². The van der Waals surface area contributed by atoms with E-state index in [4.69, 9.17) is 0 Å². The fraction of sp³-hybridized carbons (Fsp3) is 0.625. The van der Waals surface area contributed by atoms with Gasteiger partial charge in [-0.1, -0.05) is 31.4 Å². The van der Waals surface area contributed by atoms with Crippen LogP contribution < -0.4 is 0 Å². The van der Waals surface area contributed by atoms with E-state index in [1.807, 2.05) is 0 Å². The van der Waals surface area contributed by atoms with Crippen molar-refractivity contribution in [1.82, 2.24) is 9.21 Å². The van der Waals surface area contributed by atoms with Gasteiger partial charge in [0.15, 0.2) is 0 Å². The van der Waals surface area contributed by atoms with Gasteiger partial charge in [-0.25, -0.2) is 12.8 Å². The lowest BCUT2D eigenvalue weighted by molar-refractivity contribution is 0.111. The monoisotopic (exact) mass is 326 g/mol. The third kappa shape index (κ3) is 3.19. The third-order valence-corrected chi connectivity index (χ3v) is 6.75. The summed E-state index contributed by atoms with van der Waals surface area (Å²) in [6, 6.07) is 6.22. The summed E-state index contributed by atoms with van der Waals surface area (Å²) < 4.78 is 40.3. The Kier molecular flexibility index (Phi) is 4.80. The Morgan fingerprint density at radius 1 is 0.955 bits per heavy atom. The molecule has 1 aromatic rings. The lowest BCUT2D eigenvalue weighted by atomic mass is 9.94. The number of hydrogen-bond donors (Lipinski definition) is 0. The number of benzene rings is 1. The second kappa shape index (κ2) is 6.64. The Hall–Kier alpha value is -0.980. The average molecular weight is 326 g/mol. The molecule has 0 unspecified atom stereocenters. The van der Waals surface area contributed by atoms with E-state index in [9.17, 15) is 12.8 Å². The molecule has 1 saturated heterocycles. The van der Waals surface area contributed by atoms with Gasteiger partial charge in [-0.15, -0.1) is 0 Å². The molecule has 122 valence electrons. The van der Waals surface area contributed by atoms with Gasteiger partial charge in [0.2, 0.25) is 10.0 Å². The van der Waals surface area contributed by atoms with Crippen LogP contribution in [-0.2, 0) is 10.0 Å². The normalized spacial score (nSPS) is 22.8. The van der Waals surface area contributed by atoms with Crippen LogP contribution >= 0.6 is 0 Å².